The van der Waals surface area contributed by atoms with Crippen molar-refractivity contribution in [3.63, 3.8) is 0 Å². The molecule has 130 valence electrons. The van der Waals surface area contributed by atoms with Crippen LogP contribution in [0.4, 0.5) is 5.82 Å². The Morgan fingerprint density at radius 2 is 2.29 bits per heavy atom. The average Bonchev–Trinajstić information content (AvgIpc) is 3.22. The number of amides is 1. The van der Waals surface area contributed by atoms with Gasteiger partial charge >= 0.3 is 0 Å². The highest BCUT2D eigenvalue weighted by Crippen LogP contribution is 2.32. The first-order valence-corrected chi connectivity index (χ1v) is 9.21. The van der Waals surface area contributed by atoms with Gasteiger partial charge in [-0.3, -0.25) is 4.79 Å². The van der Waals surface area contributed by atoms with E-state index in [2.05, 4.69) is 28.7 Å². The third-order valence-corrected chi connectivity index (χ3v) is 5.47. The van der Waals surface area contributed by atoms with Gasteiger partial charge in [0.15, 0.2) is 0 Å². The second kappa shape index (κ2) is 6.64. The van der Waals surface area contributed by atoms with E-state index in [1.807, 2.05) is 23.4 Å². The summed E-state index contributed by atoms with van der Waals surface area (Å²) in [6.07, 6.45) is 3.46. The highest BCUT2D eigenvalue weighted by Gasteiger charge is 2.35. The molecule has 2 aromatic heterocycles. The van der Waals surface area contributed by atoms with Gasteiger partial charge in [-0.15, -0.1) is 11.3 Å². The molecular weight excluding hydrogens is 322 g/mol. The van der Waals surface area contributed by atoms with Gasteiger partial charge in [0.2, 0.25) is 5.91 Å². The zero-order valence-corrected chi connectivity index (χ0v) is 15.3. The molecule has 6 nitrogen and oxygen atoms in total. The number of carbonyl (C=O) groups excluding carboxylic acids is 1. The molecular formula is C17H25N5OS. The Morgan fingerprint density at radius 1 is 1.50 bits per heavy atom. The monoisotopic (exact) mass is 347 g/mol. The lowest BCUT2D eigenvalue weighted by Crippen LogP contribution is -2.48. The molecule has 1 aliphatic heterocycles. The number of fused-ring (bicyclic) bond motifs is 1. The minimum Gasteiger partial charge on any atom is -0.344 e. The molecule has 3 rings (SSSR count). The maximum atomic E-state index is 13.0. The Hall–Kier alpha value is -1.73. The van der Waals surface area contributed by atoms with Crippen molar-refractivity contribution in [2.75, 3.05) is 31.6 Å². The van der Waals surface area contributed by atoms with Gasteiger partial charge in [0.1, 0.15) is 23.0 Å². The van der Waals surface area contributed by atoms with E-state index in [1.54, 1.807) is 17.7 Å². The van der Waals surface area contributed by atoms with Crippen LogP contribution in [0.3, 0.4) is 0 Å². The summed E-state index contributed by atoms with van der Waals surface area (Å²) >= 11 is 1.60. The van der Waals surface area contributed by atoms with Gasteiger partial charge in [-0.1, -0.05) is 13.8 Å². The fourth-order valence-electron chi connectivity index (χ4n) is 3.32. The Labute approximate surface area is 146 Å². The smallest absolute Gasteiger partial charge is 0.245 e. The van der Waals surface area contributed by atoms with Crippen LogP contribution in [0.25, 0.3) is 10.2 Å². The second-order valence-corrected chi connectivity index (χ2v) is 8.15. The van der Waals surface area contributed by atoms with E-state index in [0.717, 1.165) is 35.4 Å². The van der Waals surface area contributed by atoms with E-state index >= 15 is 0 Å². The highest BCUT2D eigenvalue weighted by molar-refractivity contribution is 7.16. The van der Waals surface area contributed by atoms with Crippen LogP contribution in [-0.2, 0) is 4.79 Å². The summed E-state index contributed by atoms with van der Waals surface area (Å²) in [5.41, 5.74) is 5.73. The van der Waals surface area contributed by atoms with Crippen molar-refractivity contribution < 1.29 is 4.79 Å². The van der Waals surface area contributed by atoms with Crippen molar-refractivity contribution in [1.29, 1.82) is 0 Å². The predicted molar refractivity (Wildman–Crippen MR) is 98.3 cm³/mol. The topological polar surface area (TPSA) is 75.3 Å². The minimum atomic E-state index is -0.151. The number of anilines is 1. The van der Waals surface area contributed by atoms with Crippen molar-refractivity contribution in [1.82, 2.24) is 14.9 Å². The number of carbonyl (C=O) groups is 1. The van der Waals surface area contributed by atoms with E-state index < -0.39 is 0 Å². The molecule has 1 saturated heterocycles. The van der Waals surface area contributed by atoms with E-state index in [9.17, 15) is 4.79 Å². The van der Waals surface area contributed by atoms with Crippen molar-refractivity contribution in [2.45, 2.75) is 32.7 Å². The molecule has 7 heteroatoms. The molecule has 2 aromatic rings. The van der Waals surface area contributed by atoms with Crippen LogP contribution >= 0.6 is 11.3 Å². The lowest BCUT2D eigenvalue weighted by molar-refractivity contribution is -0.132. The summed E-state index contributed by atoms with van der Waals surface area (Å²) < 4.78 is 0. The summed E-state index contributed by atoms with van der Waals surface area (Å²) in [6, 6.07) is 1.89. The zero-order valence-electron chi connectivity index (χ0n) is 14.5. The molecule has 1 amide bonds. The van der Waals surface area contributed by atoms with Crippen LogP contribution in [0, 0.1) is 5.41 Å². The minimum absolute atomic E-state index is 0.0800. The largest absolute Gasteiger partial charge is 0.344 e. The molecule has 24 heavy (non-hydrogen) atoms. The maximum Gasteiger partial charge on any atom is 0.245 e. The molecule has 2 N–H and O–H groups in total. The number of likely N-dealkylation sites (N-methyl/N-ethyl adjacent to an activating group) is 1. The van der Waals surface area contributed by atoms with Gasteiger partial charge in [-0.05, 0) is 36.2 Å². The van der Waals surface area contributed by atoms with Crippen LogP contribution in [0.1, 0.15) is 26.7 Å². The summed E-state index contributed by atoms with van der Waals surface area (Å²) in [7, 11) is 1.87. The van der Waals surface area contributed by atoms with E-state index in [0.29, 0.717) is 13.1 Å². The SMILES string of the molecule is CN(CC(C)(C)CN)C(=O)C1CCCN1c1ncnc2sccc12. The Balaban J connectivity index is 1.83. The molecule has 1 fully saturated rings. The molecule has 0 spiro atoms. The van der Waals surface area contributed by atoms with E-state index in [1.165, 1.54) is 0 Å². The summed E-state index contributed by atoms with van der Waals surface area (Å²) in [4.78, 5) is 26.7. The predicted octanol–water partition coefficient (Wildman–Crippen LogP) is 2.10. The zero-order chi connectivity index (χ0) is 17.3. The van der Waals surface area contributed by atoms with E-state index in [-0.39, 0.29) is 17.4 Å². The van der Waals surface area contributed by atoms with Crippen LogP contribution < -0.4 is 10.6 Å². The third-order valence-electron chi connectivity index (χ3n) is 4.64. The first-order chi connectivity index (χ1) is 11.4. The molecule has 1 atom stereocenters. The third kappa shape index (κ3) is 3.23. The number of aromatic nitrogens is 2. The second-order valence-electron chi connectivity index (χ2n) is 7.25. The van der Waals surface area contributed by atoms with Gasteiger partial charge in [0, 0.05) is 20.1 Å². The Bertz CT molecular complexity index is 729. The quantitative estimate of drug-likeness (QED) is 0.896. The average molecular weight is 347 g/mol. The number of rotatable bonds is 5. The van der Waals surface area contributed by atoms with Crippen LogP contribution in [0.5, 0.6) is 0 Å². The number of nitrogens with zero attached hydrogens (tertiary/aromatic N) is 4. The molecule has 0 aliphatic carbocycles. The Morgan fingerprint density at radius 3 is 3.04 bits per heavy atom. The summed E-state index contributed by atoms with van der Waals surface area (Å²) in [5.74, 6) is 1.03. The van der Waals surface area contributed by atoms with E-state index in [4.69, 9.17) is 5.73 Å². The van der Waals surface area contributed by atoms with Gasteiger partial charge in [-0.25, -0.2) is 9.97 Å². The molecule has 0 bridgehead atoms. The number of hydrogen-bond donors (Lipinski definition) is 1. The van der Waals surface area contributed by atoms with Crippen molar-refractivity contribution >= 4 is 33.3 Å². The number of hydrogen-bond acceptors (Lipinski definition) is 6. The molecule has 0 radical (unpaired) electrons. The van der Waals surface area contributed by atoms with Crippen LogP contribution in [0.15, 0.2) is 17.8 Å². The van der Waals surface area contributed by atoms with Gasteiger partial charge < -0.3 is 15.5 Å². The number of thiophene rings is 1. The molecule has 1 aliphatic rings. The standard InChI is InChI=1S/C17H25N5OS/c1-17(2,9-18)10-21(3)16(23)13-5-4-7-22(13)14-12-6-8-24-15(12)20-11-19-14/h6,8,11,13H,4-5,7,9-10,18H2,1-3H3. The first kappa shape index (κ1) is 17.1. The van der Waals surface area contributed by atoms with Gasteiger partial charge in [0.25, 0.3) is 0 Å². The lowest BCUT2D eigenvalue weighted by atomic mass is 9.93. The molecule has 1 unspecified atom stereocenters. The summed E-state index contributed by atoms with van der Waals surface area (Å²) in [6.45, 7) is 6.24. The normalized spacial score (nSPS) is 18.3. The molecule has 0 saturated carbocycles. The van der Waals surface area contributed by atoms with Crippen molar-refractivity contribution in [2.24, 2.45) is 11.1 Å². The lowest BCUT2D eigenvalue weighted by Gasteiger charge is -2.33. The number of nitrogens with two attached hydrogens (primary N) is 1. The van der Waals surface area contributed by atoms with Crippen LogP contribution in [-0.4, -0.2) is 53.5 Å². The van der Waals surface area contributed by atoms with Crippen LogP contribution in [0.2, 0.25) is 0 Å². The van der Waals surface area contributed by atoms with Gasteiger partial charge in [0.05, 0.1) is 5.39 Å². The fraction of sp³-hybridized carbons (Fsp3) is 0.588. The van der Waals surface area contributed by atoms with Gasteiger partial charge in [-0.2, -0.15) is 0 Å². The summed E-state index contributed by atoms with van der Waals surface area (Å²) in [5, 5.41) is 3.05. The highest BCUT2D eigenvalue weighted by atomic mass is 32.1. The maximum absolute atomic E-state index is 13.0. The van der Waals surface area contributed by atoms with Crippen molar-refractivity contribution in [3.05, 3.63) is 17.8 Å². The molecule has 0 aromatic carbocycles. The molecule has 3 heterocycles. The van der Waals surface area contributed by atoms with Crippen molar-refractivity contribution in [3.8, 4) is 0 Å². The Kier molecular flexibility index (Phi) is 4.73. The first-order valence-electron chi connectivity index (χ1n) is 8.33. The fourth-order valence-corrected chi connectivity index (χ4v) is 4.05.